The van der Waals surface area contributed by atoms with Gasteiger partial charge in [0.1, 0.15) is 5.75 Å². The number of nitrogens with one attached hydrogen (secondary N) is 1. The van der Waals surface area contributed by atoms with Crippen LogP contribution in [-0.2, 0) is 0 Å². The van der Waals surface area contributed by atoms with Gasteiger partial charge in [0.25, 0.3) is 5.91 Å². The van der Waals surface area contributed by atoms with Gasteiger partial charge in [0.2, 0.25) is 0 Å². The summed E-state index contributed by atoms with van der Waals surface area (Å²) in [5, 5.41) is 2.96. The molecule has 0 spiro atoms. The van der Waals surface area contributed by atoms with E-state index in [2.05, 4.69) is 29.3 Å². The van der Waals surface area contributed by atoms with Crippen molar-refractivity contribution in [1.29, 1.82) is 0 Å². The molecule has 4 heteroatoms. The molecule has 1 aliphatic rings. The normalized spacial score (nSPS) is 15.2. The first-order chi connectivity index (χ1) is 12.5. The zero-order chi connectivity index (χ0) is 18.5. The average molecular weight is 352 g/mol. The van der Waals surface area contributed by atoms with E-state index in [1.165, 1.54) is 18.5 Å². The first-order valence-electron chi connectivity index (χ1n) is 9.44. The standard InChI is InChI=1S/C22H28N2O2/c1-16(2)26-21-10-4-18(5-11-21)22(25)23-19-6-8-20(9-7-19)24-14-12-17(3)13-15-24/h4-11,16-17H,12-15H2,1-3H3,(H,23,25). The Hall–Kier alpha value is -2.49. The third-order valence-corrected chi connectivity index (χ3v) is 4.76. The number of anilines is 2. The maximum atomic E-state index is 12.4. The second-order valence-corrected chi connectivity index (χ2v) is 7.36. The molecule has 1 heterocycles. The Labute approximate surface area is 156 Å². The van der Waals surface area contributed by atoms with Crippen LogP contribution in [0, 0.1) is 5.92 Å². The molecule has 2 aromatic carbocycles. The van der Waals surface area contributed by atoms with E-state index in [0.29, 0.717) is 5.56 Å². The molecule has 138 valence electrons. The summed E-state index contributed by atoms with van der Waals surface area (Å²) in [5.41, 5.74) is 2.66. The molecule has 0 unspecified atom stereocenters. The number of amides is 1. The summed E-state index contributed by atoms with van der Waals surface area (Å²) < 4.78 is 5.61. The van der Waals surface area contributed by atoms with Crippen LogP contribution in [0.4, 0.5) is 11.4 Å². The molecule has 1 fully saturated rings. The second kappa shape index (κ2) is 8.26. The van der Waals surface area contributed by atoms with Crippen LogP contribution >= 0.6 is 0 Å². The molecule has 0 atom stereocenters. The minimum absolute atomic E-state index is 0.111. The van der Waals surface area contributed by atoms with E-state index < -0.39 is 0 Å². The van der Waals surface area contributed by atoms with Crippen LogP contribution in [-0.4, -0.2) is 25.1 Å². The minimum atomic E-state index is -0.111. The van der Waals surface area contributed by atoms with Crippen LogP contribution < -0.4 is 15.0 Å². The Morgan fingerprint density at radius 3 is 2.23 bits per heavy atom. The predicted molar refractivity (Wildman–Crippen MR) is 107 cm³/mol. The molecule has 3 rings (SSSR count). The third-order valence-electron chi connectivity index (χ3n) is 4.76. The van der Waals surface area contributed by atoms with E-state index in [9.17, 15) is 4.79 Å². The lowest BCUT2D eigenvalue weighted by molar-refractivity contribution is 0.102. The van der Waals surface area contributed by atoms with Gasteiger partial charge in [-0.15, -0.1) is 0 Å². The summed E-state index contributed by atoms with van der Waals surface area (Å²) in [4.78, 5) is 14.8. The number of carbonyl (C=O) groups is 1. The SMILES string of the molecule is CC1CCN(c2ccc(NC(=O)c3ccc(OC(C)C)cc3)cc2)CC1. The number of nitrogens with zero attached hydrogens (tertiary/aromatic N) is 1. The number of carbonyl (C=O) groups excluding carboxylic acids is 1. The molecule has 1 N–H and O–H groups in total. The maximum absolute atomic E-state index is 12.4. The molecule has 4 nitrogen and oxygen atoms in total. The van der Waals surface area contributed by atoms with Gasteiger partial charge < -0.3 is 15.0 Å². The van der Waals surface area contributed by atoms with Gasteiger partial charge in [0, 0.05) is 30.0 Å². The zero-order valence-corrected chi connectivity index (χ0v) is 15.9. The van der Waals surface area contributed by atoms with Crippen molar-refractivity contribution in [2.45, 2.75) is 39.7 Å². The summed E-state index contributed by atoms with van der Waals surface area (Å²) in [5.74, 6) is 1.49. The number of hydrogen-bond donors (Lipinski definition) is 1. The van der Waals surface area contributed by atoms with Crippen molar-refractivity contribution in [3.63, 3.8) is 0 Å². The van der Waals surface area contributed by atoms with E-state index in [-0.39, 0.29) is 12.0 Å². The maximum Gasteiger partial charge on any atom is 0.255 e. The van der Waals surface area contributed by atoms with Gasteiger partial charge in [-0.2, -0.15) is 0 Å². The number of piperidine rings is 1. The summed E-state index contributed by atoms with van der Waals surface area (Å²) in [6, 6.07) is 15.4. The summed E-state index contributed by atoms with van der Waals surface area (Å²) >= 11 is 0. The van der Waals surface area contributed by atoms with Crippen molar-refractivity contribution in [3.05, 3.63) is 54.1 Å². The summed E-state index contributed by atoms with van der Waals surface area (Å²) in [6.45, 7) is 8.50. The van der Waals surface area contributed by atoms with Crippen LogP contribution in [0.25, 0.3) is 0 Å². The smallest absolute Gasteiger partial charge is 0.255 e. The van der Waals surface area contributed by atoms with Gasteiger partial charge in [-0.1, -0.05) is 6.92 Å². The molecule has 0 radical (unpaired) electrons. The Morgan fingerprint density at radius 2 is 1.65 bits per heavy atom. The van der Waals surface area contributed by atoms with Gasteiger partial charge in [-0.3, -0.25) is 4.79 Å². The second-order valence-electron chi connectivity index (χ2n) is 7.36. The number of rotatable bonds is 5. The van der Waals surface area contributed by atoms with Crippen LogP contribution in [0.1, 0.15) is 44.0 Å². The molecule has 2 aromatic rings. The van der Waals surface area contributed by atoms with Gasteiger partial charge in [-0.25, -0.2) is 0 Å². The van der Waals surface area contributed by atoms with Gasteiger partial charge in [-0.05, 0) is 81.1 Å². The number of ether oxygens (including phenoxy) is 1. The largest absolute Gasteiger partial charge is 0.491 e. The molecule has 0 saturated carbocycles. The predicted octanol–water partition coefficient (Wildman–Crippen LogP) is 4.96. The topological polar surface area (TPSA) is 41.6 Å². The van der Waals surface area contributed by atoms with Crippen molar-refractivity contribution < 1.29 is 9.53 Å². The molecule has 1 amide bonds. The molecule has 0 bridgehead atoms. The highest BCUT2D eigenvalue weighted by Crippen LogP contribution is 2.24. The number of benzene rings is 2. The Kier molecular flexibility index (Phi) is 5.82. The first-order valence-corrected chi connectivity index (χ1v) is 9.44. The molecular formula is C22H28N2O2. The van der Waals surface area contributed by atoms with Crippen molar-refractivity contribution >= 4 is 17.3 Å². The Morgan fingerprint density at radius 1 is 1.04 bits per heavy atom. The molecule has 26 heavy (non-hydrogen) atoms. The first kappa shape index (κ1) is 18.3. The van der Waals surface area contributed by atoms with Crippen LogP contribution in [0.2, 0.25) is 0 Å². The summed E-state index contributed by atoms with van der Waals surface area (Å²) in [7, 11) is 0. The lowest BCUT2D eigenvalue weighted by atomic mass is 9.99. The lowest BCUT2D eigenvalue weighted by Crippen LogP contribution is -2.32. The van der Waals surface area contributed by atoms with Crippen molar-refractivity contribution in [2.24, 2.45) is 5.92 Å². The zero-order valence-electron chi connectivity index (χ0n) is 15.9. The van der Waals surface area contributed by atoms with Gasteiger partial charge in [0.05, 0.1) is 6.10 Å². The molecule has 1 saturated heterocycles. The molecular weight excluding hydrogens is 324 g/mol. The van der Waals surface area contributed by atoms with Gasteiger partial charge >= 0.3 is 0 Å². The Balaban J connectivity index is 1.59. The van der Waals surface area contributed by atoms with Crippen molar-refractivity contribution in [3.8, 4) is 5.75 Å². The Bertz CT molecular complexity index is 715. The van der Waals surface area contributed by atoms with E-state index in [1.807, 2.05) is 38.1 Å². The van der Waals surface area contributed by atoms with Crippen LogP contribution in [0.15, 0.2) is 48.5 Å². The fourth-order valence-corrected chi connectivity index (χ4v) is 3.18. The average Bonchev–Trinajstić information content (AvgIpc) is 2.63. The highest BCUT2D eigenvalue weighted by Gasteiger charge is 2.16. The van der Waals surface area contributed by atoms with Gasteiger partial charge in [0.15, 0.2) is 0 Å². The minimum Gasteiger partial charge on any atom is -0.491 e. The molecule has 0 aliphatic carbocycles. The fraction of sp³-hybridized carbons (Fsp3) is 0.409. The van der Waals surface area contributed by atoms with Crippen molar-refractivity contribution in [1.82, 2.24) is 0 Å². The lowest BCUT2D eigenvalue weighted by Gasteiger charge is -2.32. The summed E-state index contributed by atoms with van der Waals surface area (Å²) in [6.07, 6.45) is 2.61. The molecule has 1 aliphatic heterocycles. The highest BCUT2D eigenvalue weighted by molar-refractivity contribution is 6.04. The van der Waals surface area contributed by atoms with Crippen molar-refractivity contribution in [2.75, 3.05) is 23.3 Å². The van der Waals surface area contributed by atoms with Crippen LogP contribution in [0.3, 0.4) is 0 Å². The monoisotopic (exact) mass is 352 g/mol. The van der Waals surface area contributed by atoms with Crippen LogP contribution in [0.5, 0.6) is 5.75 Å². The van der Waals surface area contributed by atoms with E-state index in [0.717, 1.165) is 30.4 Å². The van der Waals surface area contributed by atoms with E-state index in [4.69, 9.17) is 4.74 Å². The highest BCUT2D eigenvalue weighted by atomic mass is 16.5. The molecule has 0 aromatic heterocycles. The van der Waals surface area contributed by atoms with E-state index >= 15 is 0 Å². The fourth-order valence-electron chi connectivity index (χ4n) is 3.18. The quantitative estimate of drug-likeness (QED) is 0.827. The third kappa shape index (κ3) is 4.78. The number of hydrogen-bond acceptors (Lipinski definition) is 3. The van der Waals surface area contributed by atoms with E-state index in [1.54, 1.807) is 12.1 Å².